The van der Waals surface area contributed by atoms with E-state index >= 15 is 0 Å². The number of nitrogens with zero attached hydrogens (tertiary/aromatic N) is 4. The van der Waals surface area contributed by atoms with Crippen molar-refractivity contribution in [3.05, 3.63) is 18.1 Å². The number of carbonyl (C=O) groups excluding carboxylic acids is 2. The minimum Gasteiger partial charge on any atom is -0.463 e. The number of piperazine rings is 1. The fraction of sp³-hybridized carbons (Fsp3) is 0.571. The largest absolute Gasteiger partial charge is 0.463 e. The van der Waals surface area contributed by atoms with Crippen molar-refractivity contribution in [1.82, 2.24) is 14.9 Å². The van der Waals surface area contributed by atoms with Crippen molar-refractivity contribution in [2.45, 2.75) is 12.8 Å². The predicted octanol–water partition coefficient (Wildman–Crippen LogP) is 0.322. The van der Waals surface area contributed by atoms with Crippen LogP contribution in [-0.4, -0.2) is 60.0 Å². The van der Waals surface area contributed by atoms with Gasteiger partial charge in [0, 0.05) is 38.3 Å². The third kappa shape index (κ3) is 2.96. The summed E-state index contributed by atoms with van der Waals surface area (Å²) in [6.07, 6.45) is 3.62. The van der Waals surface area contributed by atoms with E-state index in [9.17, 15) is 9.59 Å². The third-order valence-electron chi connectivity index (χ3n) is 3.85. The molecule has 2 heterocycles. The van der Waals surface area contributed by atoms with Gasteiger partial charge in [0.15, 0.2) is 0 Å². The molecule has 2 fully saturated rings. The van der Waals surface area contributed by atoms with Crippen molar-refractivity contribution in [1.29, 1.82) is 0 Å². The van der Waals surface area contributed by atoms with Crippen LogP contribution >= 0.6 is 0 Å². The number of aromatic nitrogens is 2. The summed E-state index contributed by atoms with van der Waals surface area (Å²) in [5.74, 6) is 0.768. The number of rotatable bonds is 3. The van der Waals surface area contributed by atoms with Gasteiger partial charge in [-0.15, -0.1) is 0 Å². The second-order valence-corrected chi connectivity index (χ2v) is 5.32. The average molecular weight is 290 g/mol. The van der Waals surface area contributed by atoms with Crippen LogP contribution in [0.2, 0.25) is 0 Å². The molecule has 1 amide bonds. The maximum absolute atomic E-state index is 12.0. The standard InChI is InChI=1S/C14H18N4O3/c1-21-14(20)12-15-5-4-11(16-12)17-6-8-18(9-7-17)13(19)10-2-3-10/h4-5,10H,2-3,6-9H2,1H3. The first-order chi connectivity index (χ1) is 10.2. The first-order valence-electron chi connectivity index (χ1n) is 7.14. The maximum atomic E-state index is 12.0. The summed E-state index contributed by atoms with van der Waals surface area (Å²) in [4.78, 5) is 35.6. The fourth-order valence-electron chi connectivity index (χ4n) is 2.46. The lowest BCUT2D eigenvalue weighted by molar-refractivity contribution is -0.132. The normalized spacial score (nSPS) is 18.5. The Balaban J connectivity index is 1.63. The topological polar surface area (TPSA) is 75.6 Å². The summed E-state index contributed by atoms with van der Waals surface area (Å²) < 4.78 is 4.63. The molecule has 0 radical (unpaired) electrons. The van der Waals surface area contributed by atoms with Crippen molar-refractivity contribution in [2.24, 2.45) is 5.92 Å². The molecule has 0 spiro atoms. The van der Waals surface area contributed by atoms with E-state index in [0.717, 1.165) is 25.9 Å². The summed E-state index contributed by atoms with van der Waals surface area (Å²) in [7, 11) is 1.31. The molecule has 0 N–H and O–H groups in total. The molecule has 1 saturated carbocycles. The Morgan fingerprint density at radius 2 is 1.95 bits per heavy atom. The van der Waals surface area contributed by atoms with Crippen molar-refractivity contribution < 1.29 is 14.3 Å². The summed E-state index contributed by atoms with van der Waals surface area (Å²) in [5.41, 5.74) is 0. The Morgan fingerprint density at radius 1 is 1.24 bits per heavy atom. The van der Waals surface area contributed by atoms with Crippen LogP contribution in [0.15, 0.2) is 12.3 Å². The SMILES string of the molecule is COC(=O)c1nccc(N2CCN(C(=O)C3CC3)CC2)n1. The molecule has 0 atom stereocenters. The van der Waals surface area contributed by atoms with Crippen LogP contribution in [0.4, 0.5) is 5.82 Å². The molecule has 0 aromatic carbocycles. The van der Waals surface area contributed by atoms with Gasteiger partial charge in [0.1, 0.15) is 5.82 Å². The van der Waals surface area contributed by atoms with Crippen LogP contribution in [0, 0.1) is 5.92 Å². The number of anilines is 1. The average Bonchev–Trinajstić information content (AvgIpc) is 3.38. The predicted molar refractivity (Wildman–Crippen MR) is 74.9 cm³/mol. The number of ether oxygens (including phenoxy) is 1. The summed E-state index contributed by atoms with van der Waals surface area (Å²) in [6, 6.07) is 1.77. The van der Waals surface area contributed by atoms with E-state index in [4.69, 9.17) is 0 Å². The van der Waals surface area contributed by atoms with Gasteiger partial charge >= 0.3 is 5.97 Å². The van der Waals surface area contributed by atoms with Gasteiger partial charge in [-0.2, -0.15) is 0 Å². The van der Waals surface area contributed by atoms with Gasteiger partial charge < -0.3 is 14.5 Å². The van der Waals surface area contributed by atoms with Crippen molar-refractivity contribution in [3.63, 3.8) is 0 Å². The molecule has 1 aromatic heterocycles. The summed E-state index contributed by atoms with van der Waals surface area (Å²) in [5, 5.41) is 0. The molecular weight excluding hydrogens is 272 g/mol. The highest BCUT2D eigenvalue weighted by Gasteiger charge is 2.34. The molecule has 112 valence electrons. The molecule has 7 nitrogen and oxygen atoms in total. The van der Waals surface area contributed by atoms with E-state index < -0.39 is 5.97 Å². The van der Waals surface area contributed by atoms with E-state index in [-0.39, 0.29) is 17.6 Å². The molecule has 1 aliphatic carbocycles. The number of carbonyl (C=O) groups is 2. The maximum Gasteiger partial charge on any atom is 0.376 e. The smallest absolute Gasteiger partial charge is 0.376 e. The summed E-state index contributed by atoms with van der Waals surface area (Å²) >= 11 is 0. The Labute approximate surface area is 122 Å². The molecule has 0 unspecified atom stereocenters. The van der Waals surface area contributed by atoms with Crippen LogP contribution in [0.3, 0.4) is 0 Å². The molecule has 1 aromatic rings. The van der Waals surface area contributed by atoms with Crippen molar-refractivity contribution in [3.8, 4) is 0 Å². The second-order valence-electron chi connectivity index (χ2n) is 5.32. The van der Waals surface area contributed by atoms with E-state index in [2.05, 4.69) is 19.6 Å². The Bertz CT molecular complexity index is 551. The lowest BCUT2D eigenvalue weighted by Crippen LogP contribution is -2.49. The third-order valence-corrected chi connectivity index (χ3v) is 3.85. The Hall–Kier alpha value is -2.18. The Morgan fingerprint density at radius 3 is 2.57 bits per heavy atom. The second kappa shape index (κ2) is 5.67. The highest BCUT2D eigenvalue weighted by Crippen LogP contribution is 2.31. The molecule has 2 aliphatic rings. The highest BCUT2D eigenvalue weighted by atomic mass is 16.5. The number of hydrogen-bond donors (Lipinski definition) is 0. The van der Waals surface area contributed by atoms with Gasteiger partial charge in [-0.05, 0) is 18.9 Å². The van der Waals surface area contributed by atoms with Gasteiger partial charge in [0.25, 0.3) is 0 Å². The molecule has 1 aliphatic heterocycles. The molecular formula is C14H18N4O3. The number of methoxy groups -OCH3 is 1. The van der Waals surface area contributed by atoms with E-state index in [1.807, 2.05) is 4.90 Å². The van der Waals surface area contributed by atoms with E-state index in [0.29, 0.717) is 18.9 Å². The van der Waals surface area contributed by atoms with E-state index in [1.165, 1.54) is 7.11 Å². The molecule has 0 bridgehead atoms. The molecule has 3 rings (SSSR count). The van der Waals surface area contributed by atoms with Gasteiger partial charge in [0.2, 0.25) is 11.7 Å². The van der Waals surface area contributed by atoms with E-state index in [1.54, 1.807) is 12.3 Å². The van der Waals surface area contributed by atoms with Crippen LogP contribution in [-0.2, 0) is 9.53 Å². The monoisotopic (exact) mass is 290 g/mol. The number of hydrogen-bond acceptors (Lipinski definition) is 6. The molecule has 21 heavy (non-hydrogen) atoms. The van der Waals surface area contributed by atoms with Gasteiger partial charge in [-0.25, -0.2) is 14.8 Å². The zero-order valence-corrected chi connectivity index (χ0v) is 12.0. The van der Waals surface area contributed by atoms with Crippen LogP contribution < -0.4 is 4.90 Å². The van der Waals surface area contributed by atoms with Crippen LogP contribution in [0.1, 0.15) is 23.5 Å². The van der Waals surface area contributed by atoms with Crippen LogP contribution in [0.5, 0.6) is 0 Å². The molecule has 1 saturated heterocycles. The van der Waals surface area contributed by atoms with Crippen molar-refractivity contribution >= 4 is 17.7 Å². The van der Waals surface area contributed by atoms with Crippen molar-refractivity contribution in [2.75, 3.05) is 38.2 Å². The van der Waals surface area contributed by atoms with Crippen LogP contribution in [0.25, 0.3) is 0 Å². The minimum atomic E-state index is -0.542. The molecule has 7 heteroatoms. The first-order valence-corrected chi connectivity index (χ1v) is 7.14. The minimum absolute atomic E-state index is 0.0616. The van der Waals surface area contributed by atoms with Gasteiger partial charge in [-0.1, -0.05) is 0 Å². The fourth-order valence-corrected chi connectivity index (χ4v) is 2.46. The first kappa shape index (κ1) is 13.8. The highest BCUT2D eigenvalue weighted by molar-refractivity contribution is 5.85. The lowest BCUT2D eigenvalue weighted by Gasteiger charge is -2.35. The van der Waals surface area contributed by atoms with Gasteiger partial charge in [-0.3, -0.25) is 4.79 Å². The lowest BCUT2D eigenvalue weighted by atomic mass is 10.2. The summed E-state index contributed by atoms with van der Waals surface area (Å²) in [6.45, 7) is 2.84. The Kier molecular flexibility index (Phi) is 3.72. The zero-order valence-electron chi connectivity index (χ0n) is 12.0. The number of amides is 1. The quantitative estimate of drug-likeness (QED) is 0.746. The number of esters is 1. The zero-order chi connectivity index (χ0) is 14.8. The van der Waals surface area contributed by atoms with Gasteiger partial charge in [0.05, 0.1) is 7.11 Å².